The molecule has 1 aromatic heterocycles. The zero-order valence-corrected chi connectivity index (χ0v) is 10.3. The van der Waals surface area contributed by atoms with Crippen LogP contribution in [-0.2, 0) is 12.8 Å². The quantitative estimate of drug-likeness (QED) is 0.858. The number of thioether (sulfide) groups is 1. The molecular formula is C11H19N3S. The molecule has 15 heavy (non-hydrogen) atoms. The van der Waals surface area contributed by atoms with E-state index in [-0.39, 0.29) is 0 Å². The van der Waals surface area contributed by atoms with Gasteiger partial charge < -0.3 is 5.73 Å². The summed E-state index contributed by atoms with van der Waals surface area (Å²) in [6.45, 7) is 4.28. The van der Waals surface area contributed by atoms with Crippen LogP contribution < -0.4 is 5.73 Å². The molecule has 0 aliphatic carbocycles. The highest BCUT2D eigenvalue weighted by Crippen LogP contribution is 2.31. The Morgan fingerprint density at radius 1 is 1.47 bits per heavy atom. The van der Waals surface area contributed by atoms with Gasteiger partial charge in [0, 0.05) is 5.75 Å². The number of aromatic nitrogens is 2. The van der Waals surface area contributed by atoms with E-state index < -0.39 is 0 Å². The molecule has 0 amide bonds. The Morgan fingerprint density at radius 3 is 2.80 bits per heavy atom. The van der Waals surface area contributed by atoms with Crippen molar-refractivity contribution in [2.75, 3.05) is 17.2 Å². The van der Waals surface area contributed by atoms with Gasteiger partial charge in [-0.3, -0.25) is 4.68 Å². The van der Waals surface area contributed by atoms with Gasteiger partial charge in [0.2, 0.25) is 0 Å². The first kappa shape index (κ1) is 10.9. The number of nitrogen functional groups attached to an aromatic ring is 1. The topological polar surface area (TPSA) is 43.8 Å². The molecule has 1 aromatic rings. The molecule has 1 aliphatic rings. The second kappa shape index (κ2) is 4.47. The fraction of sp³-hybridized carbons (Fsp3) is 0.727. The monoisotopic (exact) mass is 225 g/mol. The highest BCUT2D eigenvalue weighted by atomic mass is 32.2. The van der Waals surface area contributed by atoms with Gasteiger partial charge in [0.25, 0.3) is 0 Å². The number of nitrogens with two attached hydrogens (primary N) is 1. The molecule has 1 saturated heterocycles. The zero-order valence-electron chi connectivity index (χ0n) is 9.49. The molecule has 84 valence electrons. The van der Waals surface area contributed by atoms with E-state index in [1.54, 1.807) is 0 Å². The maximum atomic E-state index is 6.10. The smallest absolute Gasteiger partial charge is 0.0854 e. The van der Waals surface area contributed by atoms with Crippen molar-refractivity contribution < 1.29 is 0 Å². The van der Waals surface area contributed by atoms with Crippen LogP contribution in [0.3, 0.4) is 0 Å². The average Bonchev–Trinajstić information content (AvgIpc) is 2.84. The third kappa shape index (κ3) is 1.87. The summed E-state index contributed by atoms with van der Waals surface area (Å²) in [5.74, 6) is 2.45. The summed E-state index contributed by atoms with van der Waals surface area (Å²) < 4.78 is 2.19. The molecule has 2 N–H and O–H groups in total. The largest absolute Gasteiger partial charge is 0.396 e. The fourth-order valence-electron chi connectivity index (χ4n) is 2.16. The van der Waals surface area contributed by atoms with E-state index in [4.69, 9.17) is 5.73 Å². The Hall–Kier alpha value is -0.640. The number of hydrogen-bond donors (Lipinski definition) is 1. The molecule has 0 saturated carbocycles. The summed E-state index contributed by atoms with van der Waals surface area (Å²) in [6, 6.07) is 0.576. The molecule has 0 spiro atoms. The van der Waals surface area contributed by atoms with Crippen molar-refractivity contribution in [3.05, 3.63) is 11.4 Å². The Kier molecular flexibility index (Phi) is 3.24. The minimum atomic E-state index is 0.576. The van der Waals surface area contributed by atoms with Crippen LogP contribution in [0.2, 0.25) is 0 Å². The number of nitrogens with zero attached hydrogens (tertiary/aromatic N) is 2. The molecule has 1 aliphatic heterocycles. The van der Waals surface area contributed by atoms with E-state index in [9.17, 15) is 0 Å². The van der Waals surface area contributed by atoms with Crippen molar-refractivity contribution in [1.29, 1.82) is 0 Å². The Morgan fingerprint density at radius 2 is 2.27 bits per heavy atom. The lowest BCUT2D eigenvalue weighted by Gasteiger charge is -2.12. The standard InChI is InChI=1S/C11H19N3S/c1-3-9-11(12)10(4-2)14(13-9)8-5-6-15-7-8/h8H,3-7,12H2,1-2H3. The summed E-state index contributed by atoms with van der Waals surface area (Å²) in [7, 11) is 0. The number of rotatable bonds is 3. The average molecular weight is 225 g/mol. The van der Waals surface area contributed by atoms with Gasteiger partial charge >= 0.3 is 0 Å². The Bertz CT molecular complexity index is 340. The number of anilines is 1. The Balaban J connectivity index is 2.36. The third-order valence-electron chi connectivity index (χ3n) is 3.05. The van der Waals surface area contributed by atoms with Crippen molar-refractivity contribution in [3.63, 3.8) is 0 Å². The van der Waals surface area contributed by atoms with Gasteiger partial charge in [0.15, 0.2) is 0 Å². The maximum absolute atomic E-state index is 6.10. The predicted octanol–water partition coefficient (Wildman–Crippen LogP) is 2.27. The maximum Gasteiger partial charge on any atom is 0.0854 e. The number of aryl methyl sites for hydroxylation is 1. The normalized spacial score (nSPS) is 21.1. The lowest BCUT2D eigenvalue weighted by molar-refractivity contribution is 0.480. The van der Waals surface area contributed by atoms with E-state index in [1.165, 1.54) is 23.6 Å². The third-order valence-corrected chi connectivity index (χ3v) is 4.19. The van der Waals surface area contributed by atoms with Crippen molar-refractivity contribution in [1.82, 2.24) is 9.78 Å². The van der Waals surface area contributed by atoms with E-state index in [2.05, 4.69) is 23.6 Å². The first-order valence-electron chi connectivity index (χ1n) is 5.71. The molecular weight excluding hydrogens is 206 g/mol. The van der Waals surface area contributed by atoms with Crippen molar-refractivity contribution in [2.45, 2.75) is 39.2 Å². The highest BCUT2D eigenvalue weighted by Gasteiger charge is 2.23. The van der Waals surface area contributed by atoms with Crippen LogP contribution in [0.4, 0.5) is 5.69 Å². The van der Waals surface area contributed by atoms with Crippen LogP contribution in [-0.4, -0.2) is 21.3 Å². The van der Waals surface area contributed by atoms with Gasteiger partial charge in [-0.1, -0.05) is 13.8 Å². The van der Waals surface area contributed by atoms with Gasteiger partial charge in [0.1, 0.15) is 0 Å². The van der Waals surface area contributed by atoms with Gasteiger partial charge in [-0.2, -0.15) is 16.9 Å². The van der Waals surface area contributed by atoms with Crippen LogP contribution in [0, 0.1) is 0 Å². The minimum Gasteiger partial charge on any atom is -0.396 e. The lowest BCUT2D eigenvalue weighted by atomic mass is 10.2. The van der Waals surface area contributed by atoms with Crippen LogP contribution in [0.25, 0.3) is 0 Å². The van der Waals surface area contributed by atoms with Crippen LogP contribution in [0.15, 0.2) is 0 Å². The summed E-state index contributed by atoms with van der Waals surface area (Å²) in [6.07, 6.45) is 3.16. The molecule has 0 bridgehead atoms. The van der Waals surface area contributed by atoms with E-state index >= 15 is 0 Å². The van der Waals surface area contributed by atoms with Crippen LogP contribution in [0.1, 0.15) is 37.7 Å². The van der Waals surface area contributed by atoms with Crippen molar-refractivity contribution in [3.8, 4) is 0 Å². The second-order valence-corrected chi connectivity index (χ2v) is 5.13. The van der Waals surface area contributed by atoms with Crippen LogP contribution >= 0.6 is 11.8 Å². The number of hydrogen-bond acceptors (Lipinski definition) is 3. The fourth-order valence-corrected chi connectivity index (χ4v) is 3.35. The molecule has 3 nitrogen and oxygen atoms in total. The van der Waals surface area contributed by atoms with Crippen molar-refractivity contribution in [2.24, 2.45) is 0 Å². The lowest BCUT2D eigenvalue weighted by Crippen LogP contribution is -2.13. The molecule has 0 radical (unpaired) electrons. The summed E-state index contributed by atoms with van der Waals surface area (Å²) in [4.78, 5) is 0. The SMILES string of the molecule is CCc1nn(C2CCSC2)c(CC)c1N. The molecule has 1 atom stereocenters. The van der Waals surface area contributed by atoms with Crippen molar-refractivity contribution >= 4 is 17.4 Å². The summed E-state index contributed by atoms with van der Waals surface area (Å²) in [5, 5.41) is 4.66. The Labute approximate surface area is 95.4 Å². The molecule has 2 heterocycles. The van der Waals surface area contributed by atoms with Gasteiger partial charge in [-0.15, -0.1) is 0 Å². The van der Waals surface area contributed by atoms with E-state index in [0.29, 0.717) is 6.04 Å². The van der Waals surface area contributed by atoms with Gasteiger partial charge in [-0.25, -0.2) is 0 Å². The van der Waals surface area contributed by atoms with Crippen LogP contribution in [0.5, 0.6) is 0 Å². The summed E-state index contributed by atoms with van der Waals surface area (Å²) in [5.41, 5.74) is 9.34. The van der Waals surface area contributed by atoms with E-state index in [0.717, 1.165) is 24.2 Å². The van der Waals surface area contributed by atoms with Gasteiger partial charge in [0.05, 0.1) is 23.1 Å². The van der Waals surface area contributed by atoms with Gasteiger partial charge in [-0.05, 0) is 25.0 Å². The molecule has 2 rings (SSSR count). The first-order chi connectivity index (χ1) is 7.27. The molecule has 1 unspecified atom stereocenters. The molecule has 0 aromatic carbocycles. The second-order valence-electron chi connectivity index (χ2n) is 3.98. The molecule has 4 heteroatoms. The summed E-state index contributed by atoms with van der Waals surface area (Å²) >= 11 is 2.02. The molecule has 1 fully saturated rings. The highest BCUT2D eigenvalue weighted by molar-refractivity contribution is 7.99. The van der Waals surface area contributed by atoms with E-state index in [1.807, 2.05) is 11.8 Å². The zero-order chi connectivity index (χ0) is 10.8. The minimum absolute atomic E-state index is 0.576. The first-order valence-corrected chi connectivity index (χ1v) is 6.86. The predicted molar refractivity (Wildman–Crippen MR) is 66.4 cm³/mol.